The van der Waals surface area contributed by atoms with Crippen molar-refractivity contribution in [3.05, 3.63) is 86.4 Å². The molecule has 5 heteroatoms. The average molecular weight is 534 g/mol. The first-order valence-corrected chi connectivity index (χ1v) is 13.1. The summed E-state index contributed by atoms with van der Waals surface area (Å²) in [4.78, 5) is 3.21. The normalized spacial score (nSPS) is 19.7. The smallest absolute Gasteiger partial charge is 1.00 e. The van der Waals surface area contributed by atoms with Gasteiger partial charge in [-0.1, -0.05) is 90.0 Å². The summed E-state index contributed by atoms with van der Waals surface area (Å²) in [7, 11) is -1.06. The molecular weight excluding hydrogens is 511 g/mol. The molecular formula is C24H23Cl2SSiZr. The second-order valence-electron chi connectivity index (χ2n) is 8.14. The molecule has 1 saturated heterocycles. The molecule has 0 aromatic heterocycles. The van der Waals surface area contributed by atoms with Gasteiger partial charge in [-0.25, -0.2) is 0 Å². The molecule has 2 aliphatic heterocycles. The second-order valence-corrected chi connectivity index (χ2v) is 13.8. The van der Waals surface area contributed by atoms with E-state index in [0.717, 1.165) is 5.92 Å². The van der Waals surface area contributed by atoms with Gasteiger partial charge < -0.3 is 24.8 Å². The van der Waals surface area contributed by atoms with Crippen LogP contribution in [0.25, 0.3) is 21.5 Å². The van der Waals surface area contributed by atoms with Crippen LogP contribution in [0.15, 0.2) is 80.9 Å². The summed E-state index contributed by atoms with van der Waals surface area (Å²) in [6.07, 6.45) is 4.72. The summed E-state index contributed by atoms with van der Waals surface area (Å²) in [5.74, 6) is 0.789. The Kier molecular flexibility index (Phi) is 7.68. The molecule has 0 saturated carbocycles. The number of rotatable bonds is 0. The molecule has 2 heterocycles. The molecule has 3 aromatic rings. The Bertz CT molecular complexity index is 1170. The van der Waals surface area contributed by atoms with Crippen molar-refractivity contribution in [2.75, 3.05) is 0 Å². The summed E-state index contributed by atoms with van der Waals surface area (Å²) in [5, 5.41) is 9.00. The van der Waals surface area contributed by atoms with Gasteiger partial charge in [-0.05, 0) is 22.1 Å². The van der Waals surface area contributed by atoms with Gasteiger partial charge >= 0.3 is 26.2 Å². The minimum atomic E-state index is -1.06. The first-order chi connectivity index (χ1) is 12.5. The fourth-order valence-electron chi connectivity index (χ4n) is 4.91. The molecule has 0 N–H and O–H groups in total. The molecule has 3 aromatic carbocycles. The third-order valence-corrected chi connectivity index (χ3v) is 11.3. The molecule has 1 aliphatic carbocycles. The van der Waals surface area contributed by atoms with Crippen LogP contribution in [0, 0.1) is 12.8 Å². The Morgan fingerprint density at radius 3 is 2.41 bits per heavy atom. The van der Waals surface area contributed by atoms with Crippen molar-refractivity contribution in [2.24, 2.45) is 5.92 Å². The first-order valence-electron chi connectivity index (χ1n) is 9.33. The van der Waals surface area contributed by atoms with Crippen molar-refractivity contribution in [1.29, 1.82) is 0 Å². The fourth-order valence-corrected chi connectivity index (χ4v) is 10.6. The zero-order valence-electron chi connectivity index (χ0n) is 17.0. The molecule has 0 amide bonds. The van der Waals surface area contributed by atoms with E-state index in [1.165, 1.54) is 27.1 Å². The standard InChI is InChI=1S/C14H11.C10H12SSi.2ClH.Zr/c1-10-8-12-7-6-11-4-2-3-5-13(11)14(12)9-10;1-6-10-9-7(11-6)4-5-8(9)12(10,2)3;;;/h2-9H,1H3;4-5,9H,1-3H3;2*1H;/q-1;;;;+3/p-2. The summed E-state index contributed by atoms with van der Waals surface area (Å²) in [6.45, 7) is 9.41. The number of hydrogen-bond donors (Lipinski definition) is 0. The largest absolute Gasteiger partial charge is 3.00 e. The number of allylic oxidation sites excluding steroid dienone is 6. The Morgan fingerprint density at radius 1 is 0.931 bits per heavy atom. The van der Waals surface area contributed by atoms with Gasteiger partial charge in [0.25, 0.3) is 0 Å². The fraction of sp³-hybridized carbons (Fsp3) is 0.208. The van der Waals surface area contributed by atoms with Gasteiger partial charge in [0.05, 0.1) is 0 Å². The van der Waals surface area contributed by atoms with E-state index in [9.17, 15) is 0 Å². The minimum Gasteiger partial charge on any atom is -1.00 e. The van der Waals surface area contributed by atoms with Crippen LogP contribution in [0.2, 0.25) is 13.1 Å². The van der Waals surface area contributed by atoms with Crippen LogP contribution in [-0.2, 0) is 26.2 Å². The molecule has 1 fully saturated rings. The number of fused-ring (bicyclic) bond motifs is 3. The Hall–Kier alpha value is -0.440. The van der Waals surface area contributed by atoms with E-state index in [1.807, 2.05) is 17.0 Å². The molecule has 6 rings (SSSR count). The third kappa shape index (κ3) is 3.83. The summed E-state index contributed by atoms with van der Waals surface area (Å²) in [5.41, 5.74) is 1.34. The quantitative estimate of drug-likeness (QED) is 0.310. The van der Waals surface area contributed by atoms with E-state index >= 15 is 0 Å². The number of aryl methyl sites for hydroxylation is 1. The summed E-state index contributed by atoms with van der Waals surface area (Å²) < 4.78 is 0. The number of benzene rings is 2. The molecule has 1 radical (unpaired) electrons. The van der Waals surface area contributed by atoms with Crippen LogP contribution >= 0.6 is 11.8 Å². The Labute approximate surface area is 210 Å². The number of halogens is 2. The monoisotopic (exact) mass is 531 g/mol. The van der Waals surface area contributed by atoms with Crippen LogP contribution in [-0.4, -0.2) is 8.07 Å². The Balaban J connectivity index is 0.000000189. The predicted molar refractivity (Wildman–Crippen MR) is 119 cm³/mol. The van der Waals surface area contributed by atoms with Crippen molar-refractivity contribution < 1.29 is 51.0 Å². The molecule has 0 bridgehead atoms. The van der Waals surface area contributed by atoms with Gasteiger partial charge in [-0.2, -0.15) is 6.07 Å². The zero-order valence-corrected chi connectivity index (χ0v) is 22.8. The van der Waals surface area contributed by atoms with E-state index in [0.29, 0.717) is 0 Å². The van der Waals surface area contributed by atoms with Gasteiger partial charge in [0, 0.05) is 5.92 Å². The van der Waals surface area contributed by atoms with Gasteiger partial charge in [0.15, 0.2) is 0 Å². The van der Waals surface area contributed by atoms with Crippen molar-refractivity contribution in [2.45, 2.75) is 26.9 Å². The van der Waals surface area contributed by atoms with Crippen LogP contribution < -0.4 is 24.8 Å². The van der Waals surface area contributed by atoms with Crippen LogP contribution in [0.5, 0.6) is 0 Å². The molecule has 0 nitrogen and oxygen atoms in total. The van der Waals surface area contributed by atoms with Crippen molar-refractivity contribution in [1.82, 2.24) is 0 Å². The molecule has 147 valence electrons. The predicted octanol–water partition coefficient (Wildman–Crippen LogP) is 1.27. The molecule has 1 unspecified atom stereocenters. The van der Waals surface area contributed by atoms with Gasteiger partial charge in [0.1, 0.15) is 8.07 Å². The van der Waals surface area contributed by atoms with Crippen LogP contribution in [0.1, 0.15) is 12.5 Å². The number of thioether (sulfide) groups is 1. The second kappa shape index (κ2) is 8.97. The van der Waals surface area contributed by atoms with E-state index in [1.54, 1.807) is 15.0 Å². The molecule has 0 spiro atoms. The van der Waals surface area contributed by atoms with Crippen molar-refractivity contribution in [3.63, 3.8) is 0 Å². The first kappa shape index (κ1) is 24.8. The summed E-state index contributed by atoms with van der Waals surface area (Å²) in [6, 6.07) is 17.4. The molecule has 3 aliphatic rings. The maximum Gasteiger partial charge on any atom is 3.00 e. The van der Waals surface area contributed by atoms with E-state index in [-0.39, 0.29) is 51.0 Å². The Morgan fingerprint density at radius 2 is 1.66 bits per heavy atom. The van der Waals surface area contributed by atoms with E-state index in [2.05, 4.69) is 87.6 Å². The van der Waals surface area contributed by atoms with Crippen LogP contribution in [0.3, 0.4) is 0 Å². The van der Waals surface area contributed by atoms with Gasteiger partial charge in [-0.15, -0.1) is 28.5 Å². The molecule has 1 atom stereocenters. The van der Waals surface area contributed by atoms with E-state index < -0.39 is 8.07 Å². The minimum absolute atomic E-state index is 0. The van der Waals surface area contributed by atoms with Crippen molar-refractivity contribution in [3.8, 4) is 0 Å². The van der Waals surface area contributed by atoms with Gasteiger partial charge in [-0.3, -0.25) is 0 Å². The topological polar surface area (TPSA) is 0 Å². The summed E-state index contributed by atoms with van der Waals surface area (Å²) >= 11 is 2.01. The zero-order chi connectivity index (χ0) is 18.1. The van der Waals surface area contributed by atoms with Crippen LogP contribution in [0.4, 0.5) is 0 Å². The van der Waals surface area contributed by atoms with Crippen molar-refractivity contribution >= 4 is 41.4 Å². The maximum absolute atomic E-state index is 2.48. The molecule has 29 heavy (non-hydrogen) atoms. The van der Waals surface area contributed by atoms with Gasteiger partial charge in [0.2, 0.25) is 0 Å². The third-order valence-electron chi connectivity index (χ3n) is 6.12. The maximum atomic E-state index is 2.48. The average Bonchev–Trinajstić information content (AvgIpc) is 3.24. The SMILES string of the molecule is CC1=C2C3C(=CC=C3[Si]2(C)C)S1.Cc1cc2c(ccc3ccccc32)[cH-]1.[Cl-].[Cl-].[Zr+3]. The number of hydrogen-bond acceptors (Lipinski definition) is 1. The van der Waals surface area contributed by atoms with E-state index in [4.69, 9.17) is 0 Å².